The number of thiophene rings is 1. The molecule has 0 saturated heterocycles. The Morgan fingerprint density at radius 3 is 2.58 bits per heavy atom. The molecule has 0 aliphatic rings. The number of aryl methyl sites for hydroxylation is 2. The molecule has 0 spiro atoms. The van der Waals surface area contributed by atoms with E-state index >= 15 is 0 Å². The highest BCUT2D eigenvalue weighted by Crippen LogP contribution is 2.31. The fourth-order valence-corrected chi connectivity index (χ4v) is 3.69. The third-order valence-electron chi connectivity index (χ3n) is 4.45. The first-order valence-electron chi connectivity index (χ1n) is 8.56. The number of hydrogen-bond donors (Lipinski definition) is 0. The van der Waals surface area contributed by atoms with Gasteiger partial charge in [0.25, 0.3) is 5.56 Å². The van der Waals surface area contributed by atoms with Crippen LogP contribution in [0, 0.1) is 13.8 Å². The molecule has 3 rings (SSSR count). The molecular weight excluding hydrogens is 348 g/mol. The normalized spacial score (nSPS) is 12.5. The molecule has 0 aliphatic carbocycles. The summed E-state index contributed by atoms with van der Waals surface area (Å²) in [6, 6.07) is 5.40. The molecule has 0 fully saturated rings. The van der Waals surface area contributed by atoms with Crippen molar-refractivity contribution in [2.24, 2.45) is 0 Å². The number of aromatic nitrogens is 2. The van der Waals surface area contributed by atoms with Gasteiger partial charge < -0.3 is 4.74 Å². The topological polar surface area (TPSA) is 61.2 Å². The molecule has 1 aromatic carbocycles. The van der Waals surface area contributed by atoms with E-state index in [4.69, 9.17) is 4.74 Å². The third kappa shape index (κ3) is 3.29. The van der Waals surface area contributed by atoms with Crippen molar-refractivity contribution in [3.05, 3.63) is 51.4 Å². The van der Waals surface area contributed by atoms with E-state index in [-0.39, 0.29) is 11.7 Å². The predicted molar refractivity (Wildman–Crippen MR) is 105 cm³/mol. The molecule has 2 heterocycles. The van der Waals surface area contributed by atoms with E-state index < -0.39 is 12.0 Å². The van der Waals surface area contributed by atoms with Crippen molar-refractivity contribution in [3.63, 3.8) is 0 Å². The van der Waals surface area contributed by atoms with Gasteiger partial charge in [-0.05, 0) is 51.3 Å². The van der Waals surface area contributed by atoms with Gasteiger partial charge in [-0.3, -0.25) is 9.36 Å². The Labute approximate surface area is 156 Å². The highest BCUT2D eigenvalue weighted by Gasteiger charge is 2.22. The molecule has 0 aliphatic heterocycles. The molecule has 0 N–H and O–H groups in total. The van der Waals surface area contributed by atoms with Crippen LogP contribution in [-0.2, 0) is 9.53 Å². The predicted octanol–water partition coefficient (Wildman–Crippen LogP) is 4.25. The van der Waals surface area contributed by atoms with Crippen LogP contribution in [0.3, 0.4) is 0 Å². The molecule has 6 heteroatoms. The lowest BCUT2D eigenvalue weighted by molar-refractivity contribution is -0.151. The van der Waals surface area contributed by atoms with Crippen LogP contribution >= 0.6 is 11.3 Å². The number of ether oxygens (including phenoxy) is 1. The van der Waals surface area contributed by atoms with E-state index in [1.807, 2.05) is 24.4 Å². The van der Waals surface area contributed by atoms with Gasteiger partial charge in [0.05, 0.1) is 17.8 Å². The first-order valence-corrected chi connectivity index (χ1v) is 9.44. The number of nitrogens with zero attached hydrogens (tertiary/aromatic N) is 2. The minimum Gasteiger partial charge on any atom is -0.461 e. The lowest BCUT2D eigenvalue weighted by Gasteiger charge is -2.16. The maximum atomic E-state index is 13.1. The summed E-state index contributed by atoms with van der Waals surface area (Å²) in [5.74, 6) is -0.439. The molecule has 136 valence electrons. The molecule has 0 radical (unpaired) electrons. The van der Waals surface area contributed by atoms with Crippen molar-refractivity contribution < 1.29 is 9.53 Å². The SMILES string of the molecule is Cc1ccc(-c2csc3ncn([C@@H](C)C(=O)OC(C)C)c(=O)c23)cc1C. The van der Waals surface area contributed by atoms with Gasteiger partial charge in [-0.25, -0.2) is 9.78 Å². The summed E-state index contributed by atoms with van der Waals surface area (Å²) < 4.78 is 6.59. The molecule has 1 atom stereocenters. The average Bonchev–Trinajstić information content (AvgIpc) is 3.01. The van der Waals surface area contributed by atoms with Crippen molar-refractivity contribution in [2.75, 3.05) is 0 Å². The van der Waals surface area contributed by atoms with Gasteiger partial charge in [0.1, 0.15) is 10.9 Å². The maximum Gasteiger partial charge on any atom is 0.329 e. The molecular formula is C20H22N2O3S. The van der Waals surface area contributed by atoms with Gasteiger partial charge in [-0.15, -0.1) is 11.3 Å². The molecule has 26 heavy (non-hydrogen) atoms. The lowest BCUT2D eigenvalue weighted by Crippen LogP contribution is -2.30. The van der Waals surface area contributed by atoms with Crippen LogP contribution in [0.25, 0.3) is 21.3 Å². The second-order valence-corrected chi connectivity index (χ2v) is 7.61. The first kappa shape index (κ1) is 18.3. The maximum absolute atomic E-state index is 13.1. The summed E-state index contributed by atoms with van der Waals surface area (Å²) in [5.41, 5.74) is 3.98. The fraction of sp³-hybridized carbons (Fsp3) is 0.350. The van der Waals surface area contributed by atoms with Gasteiger partial charge in [0.15, 0.2) is 0 Å². The molecule has 3 aromatic rings. The van der Waals surface area contributed by atoms with Crippen molar-refractivity contribution in [2.45, 2.75) is 46.8 Å². The number of hydrogen-bond acceptors (Lipinski definition) is 5. The van der Waals surface area contributed by atoms with Crippen molar-refractivity contribution in [1.82, 2.24) is 9.55 Å². The Hall–Kier alpha value is -2.47. The lowest BCUT2D eigenvalue weighted by atomic mass is 10.0. The third-order valence-corrected chi connectivity index (χ3v) is 5.33. The number of carbonyl (C=O) groups is 1. The summed E-state index contributed by atoms with van der Waals surface area (Å²) >= 11 is 1.43. The summed E-state index contributed by atoms with van der Waals surface area (Å²) in [6.45, 7) is 9.33. The van der Waals surface area contributed by atoms with E-state index in [1.54, 1.807) is 20.8 Å². The van der Waals surface area contributed by atoms with E-state index in [0.717, 1.165) is 11.1 Å². The summed E-state index contributed by atoms with van der Waals surface area (Å²) in [7, 11) is 0. The monoisotopic (exact) mass is 370 g/mol. The number of fused-ring (bicyclic) bond motifs is 1. The second kappa shape index (κ2) is 7.03. The van der Waals surface area contributed by atoms with E-state index in [1.165, 1.54) is 33.4 Å². The molecule has 2 aromatic heterocycles. The van der Waals surface area contributed by atoms with Crippen LogP contribution in [0.1, 0.15) is 37.9 Å². The summed E-state index contributed by atoms with van der Waals surface area (Å²) in [4.78, 5) is 30.4. The van der Waals surface area contributed by atoms with Crippen LogP contribution < -0.4 is 5.56 Å². The van der Waals surface area contributed by atoms with E-state index in [0.29, 0.717) is 10.2 Å². The minimum absolute atomic E-state index is 0.224. The first-order chi connectivity index (χ1) is 12.3. The Bertz CT molecular complexity index is 1030. The average molecular weight is 370 g/mol. The number of carbonyl (C=O) groups excluding carboxylic acids is 1. The van der Waals surface area contributed by atoms with Crippen molar-refractivity contribution in [1.29, 1.82) is 0 Å². The van der Waals surface area contributed by atoms with Crippen molar-refractivity contribution >= 4 is 27.5 Å². The summed E-state index contributed by atoms with van der Waals surface area (Å²) in [6.07, 6.45) is 1.20. The second-order valence-electron chi connectivity index (χ2n) is 6.75. The fourth-order valence-electron chi connectivity index (χ4n) is 2.79. The van der Waals surface area contributed by atoms with Gasteiger partial charge in [0.2, 0.25) is 0 Å². The number of esters is 1. The Morgan fingerprint density at radius 1 is 1.19 bits per heavy atom. The molecule has 0 unspecified atom stereocenters. The Balaban J connectivity index is 2.13. The molecule has 0 saturated carbocycles. The smallest absolute Gasteiger partial charge is 0.329 e. The van der Waals surface area contributed by atoms with E-state index in [2.05, 4.69) is 18.0 Å². The Morgan fingerprint density at radius 2 is 1.92 bits per heavy atom. The van der Waals surface area contributed by atoms with Crippen LogP contribution in [0.2, 0.25) is 0 Å². The van der Waals surface area contributed by atoms with Gasteiger partial charge in [-0.1, -0.05) is 18.2 Å². The summed E-state index contributed by atoms with van der Waals surface area (Å²) in [5, 5.41) is 2.50. The zero-order chi connectivity index (χ0) is 19.0. The van der Waals surface area contributed by atoms with Crippen LogP contribution in [0.5, 0.6) is 0 Å². The van der Waals surface area contributed by atoms with E-state index in [9.17, 15) is 9.59 Å². The molecule has 0 bridgehead atoms. The van der Waals surface area contributed by atoms with Gasteiger partial charge >= 0.3 is 5.97 Å². The van der Waals surface area contributed by atoms with Crippen LogP contribution in [0.4, 0.5) is 0 Å². The van der Waals surface area contributed by atoms with Gasteiger partial charge in [-0.2, -0.15) is 0 Å². The largest absolute Gasteiger partial charge is 0.461 e. The highest BCUT2D eigenvalue weighted by molar-refractivity contribution is 7.17. The zero-order valence-corrected chi connectivity index (χ0v) is 16.4. The molecule has 0 amide bonds. The van der Waals surface area contributed by atoms with Crippen LogP contribution in [-0.4, -0.2) is 21.6 Å². The zero-order valence-electron chi connectivity index (χ0n) is 15.6. The minimum atomic E-state index is -0.727. The quantitative estimate of drug-likeness (QED) is 0.644. The van der Waals surface area contributed by atoms with Gasteiger partial charge in [0, 0.05) is 10.9 Å². The Kier molecular flexibility index (Phi) is 4.96. The highest BCUT2D eigenvalue weighted by atomic mass is 32.1. The standard InChI is InChI=1S/C20H22N2O3S/c1-11(2)25-20(24)14(5)22-10-21-18-17(19(22)23)16(9-26-18)15-7-6-12(3)13(4)8-15/h6-11,14H,1-5H3/t14-/m0/s1. The number of benzene rings is 1. The van der Waals surface area contributed by atoms with Crippen molar-refractivity contribution in [3.8, 4) is 11.1 Å². The number of rotatable bonds is 4. The molecule has 5 nitrogen and oxygen atoms in total. The van der Waals surface area contributed by atoms with Crippen LogP contribution in [0.15, 0.2) is 34.7 Å².